The van der Waals surface area contributed by atoms with Crippen molar-refractivity contribution in [2.75, 3.05) is 52.5 Å². The Labute approximate surface area is 325 Å². The fourth-order valence-corrected chi connectivity index (χ4v) is 6.79. The molecular formula is C41H48N6O9. The van der Waals surface area contributed by atoms with Crippen LogP contribution >= 0.6 is 0 Å². The molecule has 3 atom stereocenters. The number of benzene rings is 3. The lowest BCUT2D eigenvalue weighted by molar-refractivity contribution is -0.143. The molecule has 15 heteroatoms. The van der Waals surface area contributed by atoms with Gasteiger partial charge in [-0.25, -0.2) is 0 Å². The van der Waals surface area contributed by atoms with Crippen molar-refractivity contribution >= 4 is 35.4 Å². The second-order valence-electron chi connectivity index (χ2n) is 14.2. The van der Waals surface area contributed by atoms with Crippen LogP contribution in [0.4, 0.5) is 0 Å². The van der Waals surface area contributed by atoms with E-state index < -0.39 is 47.4 Å². The number of carbonyl (C=O) groups excluding carboxylic acids is 6. The fourth-order valence-electron chi connectivity index (χ4n) is 6.79. The van der Waals surface area contributed by atoms with Crippen molar-refractivity contribution in [3.63, 3.8) is 0 Å². The van der Waals surface area contributed by atoms with Gasteiger partial charge in [-0.3, -0.25) is 28.8 Å². The molecule has 296 valence electrons. The number of hydrogen-bond donors (Lipinski definition) is 4. The van der Waals surface area contributed by atoms with E-state index in [1.807, 2.05) is 30.3 Å². The van der Waals surface area contributed by atoms with Crippen molar-refractivity contribution in [1.29, 1.82) is 0 Å². The van der Waals surface area contributed by atoms with Gasteiger partial charge in [0.05, 0.1) is 19.8 Å². The Kier molecular flexibility index (Phi) is 12.9. The van der Waals surface area contributed by atoms with E-state index in [9.17, 15) is 28.8 Å². The minimum absolute atomic E-state index is 0.112. The van der Waals surface area contributed by atoms with Gasteiger partial charge in [0.25, 0.3) is 17.7 Å². The molecule has 0 saturated carbocycles. The predicted molar refractivity (Wildman–Crippen MR) is 204 cm³/mol. The van der Waals surface area contributed by atoms with Crippen molar-refractivity contribution in [2.45, 2.75) is 56.8 Å². The molecule has 0 aromatic heterocycles. The lowest BCUT2D eigenvalue weighted by Crippen LogP contribution is -2.61. The van der Waals surface area contributed by atoms with Crippen LogP contribution in [0.25, 0.3) is 0 Å². The van der Waals surface area contributed by atoms with Gasteiger partial charge in [-0.1, -0.05) is 30.3 Å². The molecule has 0 aliphatic carbocycles. The standard InChI is InChI=1S/C41H48N6O9/c1-27-35(48)42-18-23-55-32-12-14-33(15-13-32)56-41(40(53)44-28(2)36(49)45-34(37(50)43-27)26-29-6-4-3-5-7-29)16-19-46(20-17-41)38(51)30-8-10-31(11-9-30)39(52)47-21-24-54-25-22-47/h3-15,27-28,34H,16-26H2,1-2H3,(H,42,48)(H,43,50)(H,44,53)(H,45,49)/t27-,28-,34-/m0/s1. The summed E-state index contributed by atoms with van der Waals surface area (Å²) < 4.78 is 17.6. The Bertz CT molecular complexity index is 1880. The predicted octanol–water partition coefficient (Wildman–Crippen LogP) is 1.46. The summed E-state index contributed by atoms with van der Waals surface area (Å²) in [6.45, 7) is 5.73. The first-order valence-corrected chi connectivity index (χ1v) is 18.9. The lowest BCUT2D eigenvalue weighted by atomic mass is 9.89. The number of amides is 6. The van der Waals surface area contributed by atoms with Gasteiger partial charge in [0.15, 0.2) is 5.60 Å². The molecule has 4 N–H and O–H groups in total. The largest absolute Gasteiger partial charge is 0.492 e. The molecule has 56 heavy (non-hydrogen) atoms. The van der Waals surface area contributed by atoms with Crippen LogP contribution in [0.3, 0.4) is 0 Å². The Morgan fingerprint density at radius 3 is 1.86 bits per heavy atom. The molecule has 4 aliphatic heterocycles. The van der Waals surface area contributed by atoms with Crippen molar-refractivity contribution in [1.82, 2.24) is 31.1 Å². The van der Waals surface area contributed by atoms with Crippen molar-refractivity contribution in [2.24, 2.45) is 0 Å². The molecule has 4 heterocycles. The van der Waals surface area contributed by atoms with Crippen LogP contribution in [0.1, 0.15) is 53.0 Å². The molecule has 6 amide bonds. The first-order valence-electron chi connectivity index (χ1n) is 18.9. The summed E-state index contributed by atoms with van der Waals surface area (Å²) in [5.74, 6) is -1.63. The third kappa shape index (κ3) is 9.82. The number of ether oxygens (including phenoxy) is 3. The minimum atomic E-state index is -1.45. The van der Waals surface area contributed by atoms with E-state index in [0.717, 1.165) is 5.56 Å². The number of morpholine rings is 1. The summed E-state index contributed by atoms with van der Waals surface area (Å²) in [6.07, 6.45) is 0.365. The minimum Gasteiger partial charge on any atom is -0.492 e. The van der Waals surface area contributed by atoms with Crippen LogP contribution in [0, 0.1) is 0 Å². The Balaban J connectivity index is 1.19. The Hall–Kier alpha value is -5.96. The highest BCUT2D eigenvalue weighted by molar-refractivity contribution is 5.99. The molecular weight excluding hydrogens is 720 g/mol. The van der Waals surface area contributed by atoms with Gasteiger partial charge in [-0.05, 0) is 67.9 Å². The summed E-state index contributed by atoms with van der Waals surface area (Å²) in [4.78, 5) is 84.0. The summed E-state index contributed by atoms with van der Waals surface area (Å²) in [5, 5.41) is 11.0. The average Bonchev–Trinajstić information content (AvgIpc) is 3.22. The van der Waals surface area contributed by atoms with Crippen molar-refractivity contribution in [3.8, 4) is 11.5 Å². The number of fused-ring (bicyclic) bond motifs is 15. The van der Waals surface area contributed by atoms with E-state index in [1.54, 1.807) is 65.3 Å². The lowest BCUT2D eigenvalue weighted by Gasteiger charge is -2.41. The third-order valence-electron chi connectivity index (χ3n) is 10.2. The molecule has 0 radical (unpaired) electrons. The van der Waals surface area contributed by atoms with Crippen LogP contribution < -0.4 is 30.7 Å². The molecule has 2 saturated heterocycles. The molecule has 0 unspecified atom stereocenters. The third-order valence-corrected chi connectivity index (χ3v) is 10.2. The topological polar surface area (TPSA) is 185 Å². The quantitative estimate of drug-likeness (QED) is 0.286. The summed E-state index contributed by atoms with van der Waals surface area (Å²) in [6, 6.07) is 19.3. The monoisotopic (exact) mass is 768 g/mol. The maximum Gasteiger partial charge on any atom is 0.264 e. The number of likely N-dealkylation sites (tertiary alicyclic amines) is 1. The van der Waals surface area contributed by atoms with E-state index in [-0.39, 0.29) is 57.3 Å². The maximum atomic E-state index is 14.2. The molecule has 3 aromatic rings. The van der Waals surface area contributed by atoms with Gasteiger partial charge in [-0.15, -0.1) is 0 Å². The van der Waals surface area contributed by atoms with Crippen LogP contribution in [0.5, 0.6) is 11.5 Å². The van der Waals surface area contributed by atoms with Crippen LogP contribution in [-0.2, 0) is 30.3 Å². The molecule has 7 rings (SSSR count). The molecule has 2 fully saturated rings. The highest BCUT2D eigenvalue weighted by Gasteiger charge is 2.46. The zero-order valence-corrected chi connectivity index (χ0v) is 31.6. The maximum absolute atomic E-state index is 14.2. The summed E-state index contributed by atoms with van der Waals surface area (Å²) in [5.41, 5.74) is 0.219. The number of nitrogens with one attached hydrogen (secondary N) is 4. The zero-order chi connectivity index (χ0) is 39.7. The zero-order valence-electron chi connectivity index (χ0n) is 31.6. The first-order chi connectivity index (χ1) is 27.0. The van der Waals surface area contributed by atoms with Gasteiger partial charge in [0, 0.05) is 56.6 Å². The van der Waals surface area contributed by atoms with Crippen LogP contribution in [0.2, 0.25) is 0 Å². The van der Waals surface area contributed by atoms with E-state index in [4.69, 9.17) is 14.2 Å². The molecule has 2 bridgehead atoms. The molecule has 4 aliphatic rings. The van der Waals surface area contributed by atoms with Crippen LogP contribution in [0.15, 0.2) is 78.9 Å². The number of piperidine rings is 1. The van der Waals surface area contributed by atoms with E-state index in [1.165, 1.54) is 6.92 Å². The smallest absolute Gasteiger partial charge is 0.264 e. The van der Waals surface area contributed by atoms with Gasteiger partial charge in [0.2, 0.25) is 17.7 Å². The van der Waals surface area contributed by atoms with Crippen LogP contribution in [-0.4, -0.2) is 122 Å². The Morgan fingerprint density at radius 1 is 0.661 bits per heavy atom. The molecule has 1 spiro atoms. The number of nitrogens with zero attached hydrogens (tertiary/aromatic N) is 2. The van der Waals surface area contributed by atoms with E-state index in [2.05, 4.69) is 21.3 Å². The van der Waals surface area contributed by atoms with E-state index in [0.29, 0.717) is 48.9 Å². The number of carbonyl (C=O) groups is 6. The average molecular weight is 769 g/mol. The van der Waals surface area contributed by atoms with Gasteiger partial charge < -0.3 is 45.3 Å². The van der Waals surface area contributed by atoms with Crippen molar-refractivity contribution in [3.05, 3.63) is 95.6 Å². The highest BCUT2D eigenvalue weighted by Crippen LogP contribution is 2.31. The first kappa shape index (κ1) is 39.7. The van der Waals surface area contributed by atoms with Crippen molar-refractivity contribution < 1.29 is 43.0 Å². The molecule has 15 nitrogen and oxygen atoms in total. The molecule has 3 aromatic carbocycles. The Morgan fingerprint density at radius 2 is 1.23 bits per heavy atom. The van der Waals surface area contributed by atoms with Gasteiger partial charge >= 0.3 is 0 Å². The summed E-state index contributed by atoms with van der Waals surface area (Å²) >= 11 is 0. The SMILES string of the molecule is C[C@@H]1NC(=O)[C@H](Cc2ccccc2)NC(=O)[C@H](C)NC(=O)C2(CCN(C(=O)c3ccc(C(=O)N4CCOCC4)cc3)CC2)Oc2ccc(cc2)OCCNC1=O. The van der Waals surface area contributed by atoms with Gasteiger partial charge in [-0.2, -0.15) is 0 Å². The number of hydrogen-bond acceptors (Lipinski definition) is 9. The second kappa shape index (κ2) is 18.1. The summed E-state index contributed by atoms with van der Waals surface area (Å²) in [7, 11) is 0. The van der Waals surface area contributed by atoms with Gasteiger partial charge in [0.1, 0.15) is 36.2 Å². The van der Waals surface area contributed by atoms with E-state index >= 15 is 0 Å². The highest BCUT2D eigenvalue weighted by atomic mass is 16.5. The normalized spacial score (nSPS) is 22.4. The number of rotatable bonds is 4. The second-order valence-corrected chi connectivity index (χ2v) is 14.2. The fraction of sp³-hybridized carbons (Fsp3) is 0.415.